The number of rotatable bonds is 2. The molecule has 0 saturated heterocycles. The zero-order valence-electron chi connectivity index (χ0n) is 12.2. The van der Waals surface area contributed by atoms with Gasteiger partial charge in [0.25, 0.3) is 5.91 Å². The van der Waals surface area contributed by atoms with Gasteiger partial charge in [-0.15, -0.1) is 0 Å². The van der Waals surface area contributed by atoms with Gasteiger partial charge in [0, 0.05) is 19.2 Å². The molecule has 0 atom stereocenters. The standard InChI is InChI=1S/C17H12F2N2OS/c1-21-16-13(19)9-12(18)10-14(16)23-17(21)20-15(22)8-7-11-5-3-2-4-6-11/h2-10H,1H3/b8-7-,20-17?. The van der Waals surface area contributed by atoms with E-state index in [1.165, 1.54) is 16.7 Å². The molecule has 0 unspecified atom stereocenters. The fourth-order valence-corrected chi connectivity index (χ4v) is 3.23. The molecule has 0 aliphatic rings. The zero-order chi connectivity index (χ0) is 16.4. The lowest BCUT2D eigenvalue weighted by molar-refractivity contribution is -0.113. The van der Waals surface area contributed by atoms with Gasteiger partial charge in [0.05, 0.1) is 10.2 Å². The highest BCUT2D eigenvalue weighted by Gasteiger charge is 2.10. The van der Waals surface area contributed by atoms with Crippen LogP contribution in [0, 0.1) is 11.6 Å². The van der Waals surface area contributed by atoms with Gasteiger partial charge in [-0.3, -0.25) is 4.79 Å². The molecule has 6 heteroatoms. The van der Waals surface area contributed by atoms with E-state index in [-0.39, 0.29) is 5.52 Å². The maximum Gasteiger partial charge on any atom is 0.272 e. The van der Waals surface area contributed by atoms with Gasteiger partial charge in [-0.2, -0.15) is 4.99 Å². The predicted molar refractivity (Wildman–Crippen MR) is 86.8 cm³/mol. The van der Waals surface area contributed by atoms with Crippen molar-refractivity contribution in [1.29, 1.82) is 0 Å². The first-order valence-electron chi connectivity index (χ1n) is 6.81. The molecule has 2 aromatic carbocycles. The van der Waals surface area contributed by atoms with Crippen LogP contribution < -0.4 is 4.80 Å². The van der Waals surface area contributed by atoms with Gasteiger partial charge in [0.2, 0.25) is 0 Å². The Morgan fingerprint density at radius 1 is 1.22 bits per heavy atom. The molecule has 116 valence electrons. The number of aryl methyl sites for hydroxylation is 1. The summed E-state index contributed by atoms with van der Waals surface area (Å²) in [4.78, 5) is 16.2. The number of hydrogen-bond donors (Lipinski definition) is 0. The second-order valence-corrected chi connectivity index (χ2v) is 5.88. The zero-order valence-corrected chi connectivity index (χ0v) is 13.0. The Hall–Kier alpha value is -2.60. The van der Waals surface area contributed by atoms with Crippen LogP contribution in [0.1, 0.15) is 5.56 Å². The smallest absolute Gasteiger partial charge is 0.272 e. The predicted octanol–water partition coefficient (Wildman–Crippen LogP) is 3.66. The Morgan fingerprint density at radius 3 is 2.70 bits per heavy atom. The van der Waals surface area contributed by atoms with Crippen LogP contribution in [-0.4, -0.2) is 10.5 Å². The van der Waals surface area contributed by atoms with E-state index in [0.717, 1.165) is 23.0 Å². The van der Waals surface area contributed by atoms with Crippen molar-refractivity contribution >= 4 is 33.5 Å². The molecule has 0 aliphatic heterocycles. The average molecular weight is 330 g/mol. The summed E-state index contributed by atoms with van der Waals surface area (Å²) < 4.78 is 28.9. The second-order valence-electron chi connectivity index (χ2n) is 4.87. The minimum absolute atomic E-state index is 0.231. The number of aromatic nitrogens is 1. The summed E-state index contributed by atoms with van der Waals surface area (Å²) in [5, 5.41) is 0. The molecule has 3 nitrogen and oxygen atoms in total. The summed E-state index contributed by atoms with van der Waals surface area (Å²) in [5.74, 6) is -1.79. The summed E-state index contributed by atoms with van der Waals surface area (Å²) in [6, 6.07) is 11.4. The van der Waals surface area contributed by atoms with Crippen LogP contribution in [0.2, 0.25) is 0 Å². The van der Waals surface area contributed by atoms with Crippen LogP contribution in [0.4, 0.5) is 8.78 Å². The quantitative estimate of drug-likeness (QED) is 0.660. The Balaban J connectivity index is 1.98. The first kappa shape index (κ1) is 15.3. The fraction of sp³-hybridized carbons (Fsp3) is 0.0588. The van der Waals surface area contributed by atoms with Gasteiger partial charge in [-0.1, -0.05) is 41.7 Å². The van der Waals surface area contributed by atoms with E-state index in [2.05, 4.69) is 4.99 Å². The van der Waals surface area contributed by atoms with Gasteiger partial charge in [0.1, 0.15) is 5.82 Å². The molecule has 23 heavy (non-hydrogen) atoms. The Morgan fingerprint density at radius 2 is 1.96 bits per heavy atom. The number of amides is 1. The lowest BCUT2D eigenvalue weighted by Crippen LogP contribution is -2.12. The summed E-state index contributed by atoms with van der Waals surface area (Å²) in [6.45, 7) is 0. The molecule has 0 saturated carbocycles. The van der Waals surface area contributed by atoms with Crippen molar-refractivity contribution in [3.63, 3.8) is 0 Å². The molecular weight excluding hydrogens is 318 g/mol. The largest absolute Gasteiger partial charge is 0.317 e. The van der Waals surface area contributed by atoms with Crippen LogP contribution >= 0.6 is 11.3 Å². The first-order chi connectivity index (χ1) is 11.0. The summed E-state index contributed by atoms with van der Waals surface area (Å²) in [6.07, 6.45) is 3.00. The number of benzene rings is 2. The van der Waals surface area contributed by atoms with Crippen molar-refractivity contribution in [3.8, 4) is 0 Å². The van der Waals surface area contributed by atoms with Gasteiger partial charge in [-0.05, 0) is 17.7 Å². The molecular formula is C17H12F2N2OS. The van der Waals surface area contributed by atoms with Crippen LogP contribution in [-0.2, 0) is 11.8 Å². The lowest BCUT2D eigenvalue weighted by Gasteiger charge is -1.97. The molecule has 1 heterocycles. The number of carbonyl (C=O) groups excluding carboxylic acids is 1. The van der Waals surface area contributed by atoms with Crippen molar-refractivity contribution < 1.29 is 13.6 Å². The molecule has 3 rings (SSSR count). The van der Waals surface area contributed by atoms with Crippen LogP contribution in [0.15, 0.2) is 53.5 Å². The SMILES string of the molecule is Cn1c(=NC(=O)/C=C\c2ccccc2)sc2cc(F)cc(F)c21. The first-order valence-corrected chi connectivity index (χ1v) is 7.62. The molecule has 0 N–H and O–H groups in total. The molecule has 0 radical (unpaired) electrons. The highest BCUT2D eigenvalue weighted by Crippen LogP contribution is 2.21. The van der Waals surface area contributed by atoms with Gasteiger partial charge in [-0.25, -0.2) is 8.78 Å². The number of thiazole rings is 1. The molecule has 1 amide bonds. The summed E-state index contributed by atoms with van der Waals surface area (Å²) >= 11 is 1.06. The van der Waals surface area contributed by atoms with E-state index >= 15 is 0 Å². The van der Waals surface area contributed by atoms with E-state index in [1.54, 1.807) is 13.1 Å². The number of hydrogen-bond acceptors (Lipinski definition) is 2. The summed E-state index contributed by atoms with van der Waals surface area (Å²) in [7, 11) is 1.59. The van der Waals surface area contributed by atoms with Crippen molar-refractivity contribution in [2.75, 3.05) is 0 Å². The van der Waals surface area contributed by atoms with Gasteiger partial charge < -0.3 is 4.57 Å². The maximum atomic E-state index is 13.8. The van der Waals surface area contributed by atoms with Crippen LogP contribution in [0.5, 0.6) is 0 Å². The molecule has 0 spiro atoms. The fourth-order valence-electron chi connectivity index (χ4n) is 2.17. The monoisotopic (exact) mass is 330 g/mol. The van der Waals surface area contributed by atoms with Crippen LogP contribution in [0.25, 0.3) is 16.3 Å². The van der Waals surface area contributed by atoms with Gasteiger partial charge in [0.15, 0.2) is 10.6 Å². The molecule has 1 aromatic heterocycles. The van der Waals surface area contributed by atoms with E-state index in [4.69, 9.17) is 0 Å². The van der Waals surface area contributed by atoms with Crippen molar-refractivity contribution in [1.82, 2.24) is 4.57 Å². The minimum Gasteiger partial charge on any atom is -0.317 e. The highest BCUT2D eigenvalue weighted by atomic mass is 32.1. The number of halogens is 2. The van der Waals surface area contributed by atoms with E-state index < -0.39 is 17.5 Å². The normalized spacial score (nSPS) is 12.4. The maximum absolute atomic E-state index is 13.8. The lowest BCUT2D eigenvalue weighted by atomic mass is 10.2. The third-order valence-electron chi connectivity index (χ3n) is 3.24. The second kappa shape index (κ2) is 6.26. The topological polar surface area (TPSA) is 34.4 Å². The Labute approximate surface area is 134 Å². The molecule has 0 fully saturated rings. The van der Waals surface area contributed by atoms with Gasteiger partial charge >= 0.3 is 0 Å². The molecule has 0 bridgehead atoms. The summed E-state index contributed by atoms with van der Waals surface area (Å²) in [5.41, 5.74) is 1.11. The highest BCUT2D eigenvalue weighted by molar-refractivity contribution is 7.16. The van der Waals surface area contributed by atoms with Crippen LogP contribution in [0.3, 0.4) is 0 Å². The van der Waals surface area contributed by atoms with Crippen molar-refractivity contribution in [2.24, 2.45) is 12.0 Å². The van der Waals surface area contributed by atoms with E-state index in [1.807, 2.05) is 30.3 Å². The third-order valence-corrected chi connectivity index (χ3v) is 4.32. The Kier molecular flexibility index (Phi) is 4.16. The average Bonchev–Trinajstić information content (AvgIpc) is 2.82. The number of fused-ring (bicyclic) bond motifs is 1. The molecule has 3 aromatic rings. The van der Waals surface area contributed by atoms with Crippen molar-refractivity contribution in [3.05, 3.63) is 70.5 Å². The number of nitrogens with zero attached hydrogens (tertiary/aromatic N) is 2. The van der Waals surface area contributed by atoms with E-state index in [9.17, 15) is 13.6 Å². The third kappa shape index (κ3) is 3.27. The van der Waals surface area contributed by atoms with Crippen molar-refractivity contribution in [2.45, 2.75) is 0 Å². The Bertz CT molecular complexity index is 971. The molecule has 0 aliphatic carbocycles. The number of carbonyl (C=O) groups is 1. The minimum atomic E-state index is -0.674. The van der Waals surface area contributed by atoms with E-state index in [0.29, 0.717) is 9.50 Å².